The minimum Gasteiger partial charge on any atom is -0.480 e. The van der Waals surface area contributed by atoms with Crippen LogP contribution in [-0.2, 0) is 9.53 Å². The molecular formula is C17H20Cl2O4. The minimum atomic E-state index is -0.599. The lowest BCUT2D eigenvalue weighted by Gasteiger charge is -2.19. The monoisotopic (exact) mass is 358 g/mol. The molecule has 1 rings (SSSR count). The van der Waals surface area contributed by atoms with E-state index in [9.17, 15) is 9.59 Å². The van der Waals surface area contributed by atoms with Crippen LogP contribution in [0.2, 0.25) is 10.0 Å². The van der Waals surface area contributed by atoms with Crippen LogP contribution in [-0.4, -0.2) is 24.0 Å². The highest BCUT2D eigenvalue weighted by atomic mass is 35.5. The molecular weight excluding hydrogens is 339 g/mol. The quantitative estimate of drug-likeness (QED) is 0.413. The minimum absolute atomic E-state index is 0.0741. The van der Waals surface area contributed by atoms with Gasteiger partial charge in [-0.05, 0) is 44.9 Å². The van der Waals surface area contributed by atoms with Crippen LogP contribution in [0.4, 0.5) is 0 Å². The van der Waals surface area contributed by atoms with Gasteiger partial charge in [0.2, 0.25) is 0 Å². The first-order chi connectivity index (χ1) is 10.6. The van der Waals surface area contributed by atoms with Gasteiger partial charge in [0.15, 0.2) is 12.4 Å². The summed E-state index contributed by atoms with van der Waals surface area (Å²) in [4.78, 5) is 23.8. The van der Waals surface area contributed by atoms with Gasteiger partial charge < -0.3 is 9.47 Å². The summed E-state index contributed by atoms with van der Waals surface area (Å²) in [5.74, 6) is -0.580. The molecule has 4 nitrogen and oxygen atoms in total. The number of ether oxygens (including phenoxy) is 2. The van der Waals surface area contributed by atoms with Crippen molar-refractivity contribution in [3.63, 3.8) is 0 Å². The maximum absolute atomic E-state index is 12.1. The molecule has 23 heavy (non-hydrogen) atoms. The molecule has 0 atom stereocenters. The van der Waals surface area contributed by atoms with E-state index in [1.807, 2.05) is 6.92 Å². The van der Waals surface area contributed by atoms with E-state index in [4.69, 9.17) is 32.7 Å². The molecule has 0 aromatic heterocycles. The van der Waals surface area contributed by atoms with Gasteiger partial charge in [-0.1, -0.05) is 36.7 Å². The normalized spacial score (nSPS) is 11.0. The summed E-state index contributed by atoms with van der Waals surface area (Å²) < 4.78 is 10.5. The van der Waals surface area contributed by atoms with Crippen molar-refractivity contribution in [3.05, 3.63) is 39.9 Å². The van der Waals surface area contributed by atoms with E-state index < -0.39 is 11.6 Å². The fourth-order valence-corrected chi connectivity index (χ4v) is 2.14. The van der Waals surface area contributed by atoms with Crippen LogP contribution in [0.1, 0.15) is 44.5 Å². The zero-order valence-electron chi connectivity index (χ0n) is 13.7. The van der Waals surface area contributed by atoms with Gasteiger partial charge >= 0.3 is 5.97 Å². The zero-order valence-corrected chi connectivity index (χ0v) is 15.2. The molecule has 0 aliphatic carbocycles. The number of Topliss-reactive ketones (excluding diaryl/α,β-unsaturated/α-hetero) is 1. The van der Waals surface area contributed by atoms with Crippen LogP contribution < -0.4 is 4.74 Å². The summed E-state index contributed by atoms with van der Waals surface area (Å²) in [7, 11) is 0. The first-order valence-electron chi connectivity index (χ1n) is 7.12. The van der Waals surface area contributed by atoms with Crippen molar-refractivity contribution < 1.29 is 19.1 Å². The topological polar surface area (TPSA) is 52.6 Å². The molecule has 126 valence electrons. The van der Waals surface area contributed by atoms with Crippen molar-refractivity contribution in [3.8, 4) is 5.75 Å². The number of carbonyl (C=O) groups excluding carboxylic acids is 2. The largest absolute Gasteiger partial charge is 0.480 e. The van der Waals surface area contributed by atoms with Crippen LogP contribution in [0.5, 0.6) is 5.75 Å². The van der Waals surface area contributed by atoms with Gasteiger partial charge in [-0.15, -0.1) is 0 Å². The van der Waals surface area contributed by atoms with Gasteiger partial charge in [0, 0.05) is 5.56 Å². The van der Waals surface area contributed by atoms with Gasteiger partial charge in [0.1, 0.15) is 16.4 Å². The second-order valence-corrected chi connectivity index (χ2v) is 6.66. The molecule has 0 saturated heterocycles. The van der Waals surface area contributed by atoms with E-state index in [0.29, 0.717) is 12.0 Å². The number of carbonyl (C=O) groups is 2. The Morgan fingerprint density at radius 3 is 2.30 bits per heavy atom. The fraction of sp³-hybridized carbons (Fsp3) is 0.412. The van der Waals surface area contributed by atoms with Crippen molar-refractivity contribution in [1.82, 2.24) is 0 Å². The van der Waals surface area contributed by atoms with Crippen LogP contribution in [0.15, 0.2) is 24.3 Å². The van der Waals surface area contributed by atoms with Gasteiger partial charge in [-0.3, -0.25) is 4.79 Å². The Balaban J connectivity index is 2.88. The Morgan fingerprint density at radius 1 is 1.17 bits per heavy atom. The predicted octanol–water partition coefficient (Wildman–Crippen LogP) is 4.86. The lowest BCUT2D eigenvalue weighted by Crippen LogP contribution is -2.27. The maximum atomic E-state index is 12.1. The van der Waals surface area contributed by atoms with E-state index in [1.165, 1.54) is 12.1 Å². The highest BCUT2D eigenvalue weighted by molar-refractivity contribution is 6.45. The maximum Gasteiger partial charge on any atom is 0.344 e. The first kappa shape index (κ1) is 19.5. The Kier molecular flexibility index (Phi) is 6.66. The number of ketones is 1. The molecule has 0 heterocycles. The van der Waals surface area contributed by atoms with Crippen LogP contribution in [0, 0.1) is 0 Å². The molecule has 0 spiro atoms. The van der Waals surface area contributed by atoms with E-state index >= 15 is 0 Å². The van der Waals surface area contributed by atoms with Crippen LogP contribution in [0.3, 0.4) is 0 Å². The average Bonchev–Trinajstić information content (AvgIpc) is 2.45. The molecule has 0 saturated carbocycles. The van der Waals surface area contributed by atoms with Crippen molar-refractivity contribution >= 4 is 35.0 Å². The Labute approximate surface area is 146 Å². The Hall–Kier alpha value is -1.52. The fourth-order valence-electron chi connectivity index (χ4n) is 1.68. The third-order valence-electron chi connectivity index (χ3n) is 2.80. The summed E-state index contributed by atoms with van der Waals surface area (Å²) in [6.45, 7) is 10.5. The first-order valence-corrected chi connectivity index (χ1v) is 7.87. The van der Waals surface area contributed by atoms with Gasteiger partial charge in [0.05, 0.1) is 5.02 Å². The van der Waals surface area contributed by atoms with Crippen molar-refractivity contribution in [2.45, 2.75) is 39.7 Å². The van der Waals surface area contributed by atoms with Crippen molar-refractivity contribution in [2.24, 2.45) is 0 Å². The summed E-state index contributed by atoms with van der Waals surface area (Å²) >= 11 is 12.2. The lowest BCUT2D eigenvalue weighted by molar-refractivity contribution is -0.157. The van der Waals surface area contributed by atoms with Crippen LogP contribution in [0.25, 0.3) is 0 Å². The van der Waals surface area contributed by atoms with Gasteiger partial charge in [-0.25, -0.2) is 4.79 Å². The number of allylic oxidation sites excluding steroid dienone is 1. The lowest BCUT2D eigenvalue weighted by atomic mass is 10.0. The average molecular weight is 359 g/mol. The third-order valence-corrected chi connectivity index (χ3v) is 3.67. The molecule has 0 unspecified atom stereocenters. The number of rotatable bonds is 6. The Morgan fingerprint density at radius 2 is 1.78 bits per heavy atom. The molecule has 1 aromatic carbocycles. The molecule has 0 radical (unpaired) electrons. The second kappa shape index (κ2) is 7.84. The predicted molar refractivity (Wildman–Crippen MR) is 91.6 cm³/mol. The van der Waals surface area contributed by atoms with Crippen molar-refractivity contribution in [1.29, 1.82) is 0 Å². The SMILES string of the molecule is C=C(CC)C(=O)c1ccc(OCC(=O)OC(C)(C)C)c(Cl)c1Cl. The molecule has 0 aliphatic heterocycles. The van der Waals surface area contributed by atoms with Crippen molar-refractivity contribution in [2.75, 3.05) is 6.61 Å². The van der Waals surface area contributed by atoms with E-state index in [0.717, 1.165) is 0 Å². The standard InChI is InChI=1S/C17H20Cl2O4/c1-6-10(2)16(21)11-7-8-12(15(19)14(11)18)22-9-13(20)23-17(3,4)5/h7-8H,2,6,9H2,1,3-5H3. The smallest absolute Gasteiger partial charge is 0.344 e. The molecule has 1 aromatic rings. The van der Waals surface area contributed by atoms with E-state index in [-0.39, 0.29) is 33.7 Å². The third kappa shape index (κ3) is 5.56. The number of hydrogen-bond donors (Lipinski definition) is 0. The van der Waals surface area contributed by atoms with E-state index in [1.54, 1.807) is 20.8 Å². The Bertz CT molecular complexity index is 630. The zero-order chi connectivity index (χ0) is 17.8. The summed E-state index contributed by atoms with van der Waals surface area (Å²) in [5, 5.41) is 0.151. The number of benzene rings is 1. The highest BCUT2D eigenvalue weighted by Crippen LogP contribution is 2.35. The van der Waals surface area contributed by atoms with Gasteiger partial charge in [-0.2, -0.15) is 0 Å². The molecule has 0 fully saturated rings. The molecule has 0 bridgehead atoms. The summed E-state index contributed by atoms with van der Waals surface area (Å²) in [6, 6.07) is 3.00. The molecule has 0 N–H and O–H groups in total. The van der Waals surface area contributed by atoms with Gasteiger partial charge in [0.25, 0.3) is 0 Å². The van der Waals surface area contributed by atoms with E-state index in [2.05, 4.69) is 6.58 Å². The number of halogens is 2. The second-order valence-electron chi connectivity index (χ2n) is 5.90. The summed E-state index contributed by atoms with van der Waals surface area (Å²) in [5.41, 5.74) is 0.0945. The van der Waals surface area contributed by atoms with Crippen LogP contribution >= 0.6 is 23.2 Å². The molecule has 0 amide bonds. The number of hydrogen-bond acceptors (Lipinski definition) is 4. The highest BCUT2D eigenvalue weighted by Gasteiger charge is 2.20. The molecule has 6 heteroatoms. The summed E-state index contributed by atoms with van der Waals surface area (Å²) in [6.07, 6.45) is 0.518. The molecule has 0 aliphatic rings. The number of esters is 1.